The third-order valence-electron chi connectivity index (χ3n) is 4.01. The van der Waals surface area contributed by atoms with Crippen molar-refractivity contribution in [2.75, 3.05) is 6.61 Å². The lowest BCUT2D eigenvalue weighted by molar-refractivity contribution is -0.148. The van der Waals surface area contributed by atoms with Crippen molar-refractivity contribution in [2.24, 2.45) is 5.11 Å². The Labute approximate surface area is 171 Å². The number of rotatable bonds is 9. The molecule has 172 valence electrons. The van der Waals surface area contributed by atoms with E-state index in [1.54, 1.807) is 0 Å². The fraction of sp³-hybridized carbons (Fsp3) is 0.583. The smallest absolute Gasteiger partial charge is 0.476 e. The molecule has 0 aromatic carbocycles. The Kier molecular flexibility index (Phi) is 7.60. The molecule has 19 heteroatoms. The van der Waals surface area contributed by atoms with Gasteiger partial charge in [-0.15, -0.1) is 0 Å². The lowest BCUT2D eigenvalue weighted by Gasteiger charge is -2.22. The minimum absolute atomic E-state index is 0.100. The summed E-state index contributed by atoms with van der Waals surface area (Å²) in [6.45, 7) is 0.635. The highest BCUT2D eigenvalue weighted by Gasteiger charge is 2.46. The molecule has 2 rings (SSSR count). The maximum absolute atomic E-state index is 12.0. The zero-order valence-corrected chi connectivity index (χ0v) is 17.3. The SMILES string of the molecule is Cc1cn([C@H]2C[C@H](N=[N+]=[N-])[C@@H](COC(C(=O)O)P(=O)(O)OP(=O)(O)O)O2)c(=O)[nH]c1=O. The lowest BCUT2D eigenvalue weighted by atomic mass is 10.1. The fourth-order valence-corrected chi connectivity index (χ4v) is 4.83. The first kappa shape index (κ1) is 24.9. The van der Waals surface area contributed by atoms with Crippen molar-refractivity contribution in [3.63, 3.8) is 0 Å². The number of hydrogen-bond acceptors (Lipinski definition) is 9. The van der Waals surface area contributed by atoms with Gasteiger partial charge in [0.2, 0.25) is 0 Å². The number of aromatic amines is 1. The zero-order chi connectivity index (χ0) is 23.6. The molecule has 0 bridgehead atoms. The first-order valence-electron chi connectivity index (χ1n) is 8.20. The van der Waals surface area contributed by atoms with Crippen molar-refractivity contribution in [3.8, 4) is 0 Å². The predicted molar refractivity (Wildman–Crippen MR) is 97.9 cm³/mol. The van der Waals surface area contributed by atoms with Crippen LogP contribution in [0.1, 0.15) is 18.2 Å². The van der Waals surface area contributed by atoms with Gasteiger partial charge in [-0.25, -0.2) is 18.5 Å². The van der Waals surface area contributed by atoms with E-state index in [2.05, 4.69) is 19.3 Å². The number of nitrogens with one attached hydrogen (secondary N) is 1. The van der Waals surface area contributed by atoms with Gasteiger partial charge in [0.25, 0.3) is 11.4 Å². The minimum Gasteiger partial charge on any atom is -0.479 e. The van der Waals surface area contributed by atoms with Crippen LogP contribution in [0.2, 0.25) is 0 Å². The van der Waals surface area contributed by atoms with Crippen molar-refractivity contribution in [3.05, 3.63) is 43.0 Å². The van der Waals surface area contributed by atoms with E-state index in [1.165, 1.54) is 13.1 Å². The van der Waals surface area contributed by atoms with Gasteiger partial charge >= 0.3 is 27.1 Å². The van der Waals surface area contributed by atoms with Crippen LogP contribution in [0.4, 0.5) is 0 Å². The summed E-state index contributed by atoms with van der Waals surface area (Å²) < 4.78 is 37.7. The Balaban J connectivity index is 2.23. The van der Waals surface area contributed by atoms with Crippen LogP contribution in [-0.2, 0) is 27.7 Å². The van der Waals surface area contributed by atoms with Crippen molar-refractivity contribution in [1.82, 2.24) is 9.55 Å². The Morgan fingerprint density at radius 2 is 2.10 bits per heavy atom. The maximum Gasteiger partial charge on any atom is 0.476 e. The van der Waals surface area contributed by atoms with Crippen LogP contribution >= 0.6 is 15.4 Å². The lowest BCUT2D eigenvalue weighted by Crippen LogP contribution is -2.34. The zero-order valence-electron chi connectivity index (χ0n) is 15.5. The third kappa shape index (κ3) is 6.33. The van der Waals surface area contributed by atoms with Gasteiger partial charge in [0.1, 0.15) is 6.23 Å². The molecule has 5 atom stereocenters. The molecular weight excluding hydrogens is 468 g/mol. The van der Waals surface area contributed by atoms with E-state index in [1.807, 2.05) is 0 Å². The predicted octanol–water partition coefficient (Wildman–Crippen LogP) is -0.467. The average molecular weight is 485 g/mol. The molecule has 5 N–H and O–H groups in total. The highest BCUT2D eigenvalue weighted by molar-refractivity contribution is 7.64. The number of phosphoric acid groups is 1. The Morgan fingerprint density at radius 3 is 2.65 bits per heavy atom. The largest absolute Gasteiger partial charge is 0.479 e. The van der Waals surface area contributed by atoms with Gasteiger partial charge in [0, 0.05) is 23.1 Å². The number of carboxylic acid groups (broad SMARTS) is 1. The number of carbonyl (C=O) groups is 1. The van der Waals surface area contributed by atoms with E-state index in [4.69, 9.17) is 29.9 Å². The maximum atomic E-state index is 12.0. The van der Waals surface area contributed by atoms with Crippen molar-refractivity contribution < 1.29 is 47.5 Å². The number of aromatic nitrogens is 2. The molecule has 0 saturated carbocycles. The van der Waals surface area contributed by atoms with Crippen LogP contribution in [0.5, 0.6) is 0 Å². The van der Waals surface area contributed by atoms with Crippen LogP contribution in [-0.4, -0.2) is 59.9 Å². The summed E-state index contributed by atoms with van der Waals surface area (Å²) in [7, 11) is -11.0. The van der Waals surface area contributed by atoms with Crippen LogP contribution in [0.25, 0.3) is 10.4 Å². The first-order valence-corrected chi connectivity index (χ1v) is 11.4. The number of ether oxygens (including phenoxy) is 2. The van der Waals surface area contributed by atoms with Crippen LogP contribution in [0.3, 0.4) is 0 Å². The molecule has 1 aromatic rings. The molecule has 1 saturated heterocycles. The fourth-order valence-electron chi connectivity index (χ4n) is 2.71. The second kappa shape index (κ2) is 9.44. The second-order valence-electron chi connectivity index (χ2n) is 6.28. The summed E-state index contributed by atoms with van der Waals surface area (Å²) in [6.07, 6.45) is -1.20. The number of aryl methyl sites for hydroxylation is 1. The molecule has 0 amide bonds. The van der Waals surface area contributed by atoms with Crippen LogP contribution in [0, 0.1) is 6.92 Å². The Hall–Kier alpha value is -2.32. The number of H-pyrrole nitrogens is 1. The average Bonchev–Trinajstić information content (AvgIpc) is 2.98. The monoisotopic (exact) mass is 485 g/mol. The molecule has 17 nitrogen and oxygen atoms in total. The van der Waals surface area contributed by atoms with Crippen LogP contribution < -0.4 is 11.2 Å². The molecular formula is C12H17N5O12P2. The number of azide groups is 1. The van der Waals surface area contributed by atoms with Gasteiger partial charge in [-0.05, 0) is 12.5 Å². The summed E-state index contributed by atoms with van der Waals surface area (Å²) >= 11 is 0. The van der Waals surface area contributed by atoms with Crippen molar-refractivity contribution in [1.29, 1.82) is 0 Å². The van der Waals surface area contributed by atoms with Crippen molar-refractivity contribution in [2.45, 2.75) is 37.6 Å². The molecule has 1 aliphatic heterocycles. The van der Waals surface area contributed by atoms with Crippen molar-refractivity contribution >= 4 is 21.4 Å². The number of carboxylic acids is 1. The quantitative estimate of drug-likeness (QED) is 0.129. The van der Waals surface area contributed by atoms with Gasteiger partial charge in [-0.3, -0.25) is 18.9 Å². The van der Waals surface area contributed by atoms with E-state index in [0.29, 0.717) is 0 Å². The topological polar surface area (TPSA) is 263 Å². The molecule has 1 aromatic heterocycles. The molecule has 2 heterocycles. The third-order valence-corrected chi connectivity index (χ3v) is 6.76. The molecule has 1 fully saturated rings. The Bertz CT molecular complexity index is 1100. The second-order valence-corrected chi connectivity index (χ2v) is 9.51. The summed E-state index contributed by atoms with van der Waals surface area (Å²) in [6, 6.07) is -1.02. The number of nitrogens with zero attached hydrogens (tertiary/aromatic N) is 4. The number of hydrogen-bond donors (Lipinski definition) is 5. The highest BCUT2D eigenvalue weighted by Crippen LogP contribution is 2.60. The summed E-state index contributed by atoms with van der Waals surface area (Å²) in [4.78, 5) is 66.4. The van der Waals surface area contributed by atoms with Gasteiger partial charge in [0.15, 0.2) is 0 Å². The molecule has 2 unspecified atom stereocenters. The minimum atomic E-state index is -5.54. The van der Waals surface area contributed by atoms with E-state index in [-0.39, 0.29) is 12.0 Å². The Morgan fingerprint density at radius 1 is 1.45 bits per heavy atom. The molecule has 0 aliphatic carbocycles. The van der Waals surface area contributed by atoms with E-state index in [9.17, 15) is 28.4 Å². The first-order chi connectivity index (χ1) is 14.2. The molecule has 0 radical (unpaired) electrons. The summed E-state index contributed by atoms with van der Waals surface area (Å²) in [5.41, 5.74) is 7.43. The normalized spacial score (nSPS) is 24.2. The van der Waals surface area contributed by atoms with Gasteiger partial charge in [-0.2, -0.15) is 0 Å². The molecule has 1 aliphatic rings. The van der Waals surface area contributed by atoms with Crippen LogP contribution in [0.15, 0.2) is 20.9 Å². The molecule has 31 heavy (non-hydrogen) atoms. The van der Waals surface area contributed by atoms with E-state index in [0.717, 1.165) is 4.57 Å². The van der Waals surface area contributed by atoms with Gasteiger partial charge in [0.05, 0.1) is 18.8 Å². The van der Waals surface area contributed by atoms with Gasteiger partial charge in [-0.1, -0.05) is 5.11 Å². The molecule has 0 spiro atoms. The number of aliphatic carboxylic acids is 1. The summed E-state index contributed by atoms with van der Waals surface area (Å²) in [5, 5.41) is 12.5. The standard InChI is InChI=1S/C12H17N5O12P2/c1-5-3-17(12(21)14-9(5)18)8-2-6(15-16-13)7(28-8)4-27-11(10(19)20)30(22,23)29-31(24,25)26/h3,6-8,11H,2,4H2,1H3,(H,19,20)(H,22,23)(H,14,18,21)(H2,24,25,26)/t6-,7+,8+,11?/m0/s1. The summed E-state index contributed by atoms with van der Waals surface area (Å²) in [5.74, 6) is -4.77. The van der Waals surface area contributed by atoms with Gasteiger partial charge < -0.3 is 29.3 Å². The van der Waals surface area contributed by atoms with E-state index >= 15 is 0 Å². The van der Waals surface area contributed by atoms with E-state index < -0.39 is 63.5 Å². The highest BCUT2D eigenvalue weighted by atomic mass is 31.3.